The van der Waals surface area contributed by atoms with Crippen LogP contribution in [0, 0.1) is 0 Å². The van der Waals surface area contributed by atoms with Gasteiger partial charge in [-0.05, 0) is 28.9 Å². The summed E-state index contributed by atoms with van der Waals surface area (Å²) in [5.74, 6) is 0. The highest BCUT2D eigenvalue weighted by Gasteiger charge is 2.22. The van der Waals surface area contributed by atoms with Gasteiger partial charge in [-0.1, -0.05) is 6.08 Å². The van der Waals surface area contributed by atoms with E-state index >= 15 is 0 Å². The first kappa shape index (κ1) is 13.3. The first-order valence-electron chi connectivity index (χ1n) is 5.95. The Bertz CT molecular complexity index is 493. The Balaban J connectivity index is 2.31. The van der Waals surface area contributed by atoms with Crippen LogP contribution in [0.4, 0.5) is 5.69 Å². The highest BCUT2D eigenvalue weighted by Crippen LogP contribution is 2.23. The Morgan fingerprint density at radius 1 is 1.78 bits per heavy atom. The van der Waals surface area contributed by atoms with Crippen LogP contribution in [0.3, 0.4) is 0 Å². The number of nitrogens with one attached hydrogen (secondary N) is 1. The quantitative estimate of drug-likeness (QED) is 0.842. The lowest BCUT2D eigenvalue weighted by atomic mass is 10.2. The van der Waals surface area contributed by atoms with E-state index in [1.807, 2.05) is 7.05 Å². The van der Waals surface area contributed by atoms with Crippen LogP contribution in [0.5, 0.6) is 0 Å². The molecule has 0 radical (unpaired) electrons. The van der Waals surface area contributed by atoms with Crippen molar-refractivity contribution >= 4 is 21.6 Å². The zero-order chi connectivity index (χ0) is 13.1. The van der Waals surface area contributed by atoms with Crippen molar-refractivity contribution in [1.29, 1.82) is 0 Å². The third-order valence-electron chi connectivity index (χ3n) is 3.23. The molecule has 1 fully saturated rings. The molecule has 0 amide bonds. The van der Waals surface area contributed by atoms with Gasteiger partial charge in [-0.25, -0.2) is 4.68 Å². The van der Waals surface area contributed by atoms with Crippen LogP contribution >= 0.6 is 15.9 Å². The molecule has 18 heavy (non-hydrogen) atoms. The summed E-state index contributed by atoms with van der Waals surface area (Å²) in [5.41, 5.74) is 0.721. The predicted molar refractivity (Wildman–Crippen MR) is 76.1 cm³/mol. The second kappa shape index (κ2) is 5.67. The Kier molecular flexibility index (Phi) is 4.19. The lowest BCUT2D eigenvalue weighted by molar-refractivity contribution is 0.634. The molecule has 0 spiro atoms. The first-order valence-corrected chi connectivity index (χ1v) is 6.74. The van der Waals surface area contributed by atoms with Gasteiger partial charge in [0.1, 0.15) is 4.47 Å². The first-order chi connectivity index (χ1) is 8.65. The number of likely N-dealkylation sites (N-methyl/N-ethyl adjacent to an activating group) is 1. The van der Waals surface area contributed by atoms with Gasteiger partial charge in [-0.3, -0.25) is 4.79 Å². The van der Waals surface area contributed by atoms with Crippen molar-refractivity contribution in [3.8, 4) is 0 Å². The highest BCUT2D eigenvalue weighted by atomic mass is 79.9. The van der Waals surface area contributed by atoms with Crippen LogP contribution in [0.1, 0.15) is 6.42 Å². The Hall–Kier alpha value is -1.14. The minimum absolute atomic E-state index is 0.120. The molecule has 1 saturated heterocycles. The number of rotatable bonds is 4. The van der Waals surface area contributed by atoms with Crippen LogP contribution in [-0.2, 0) is 6.54 Å². The smallest absolute Gasteiger partial charge is 0.283 e. The third-order valence-corrected chi connectivity index (χ3v) is 3.98. The molecule has 6 heteroatoms. The molecule has 1 aliphatic heterocycles. The molecular formula is C12H17BrN4O. The lowest BCUT2D eigenvalue weighted by Gasteiger charge is -2.26. The van der Waals surface area contributed by atoms with E-state index in [-0.39, 0.29) is 5.56 Å². The van der Waals surface area contributed by atoms with Crippen molar-refractivity contribution in [3.63, 3.8) is 0 Å². The second-order valence-corrected chi connectivity index (χ2v) is 5.17. The molecular weight excluding hydrogens is 296 g/mol. The number of aromatic nitrogens is 2. The Labute approximate surface area is 115 Å². The molecule has 1 unspecified atom stereocenters. The molecule has 1 N–H and O–H groups in total. The summed E-state index contributed by atoms with van der Waals surface area (Å²) >= 11 is 3.38. The minimum atomic E-state index is -0.120. The maximum atomic E-state index is 12.1. The van der Waals surface area contributed by atoms with Crippen LogP contribution < -0.4 is 15.8 Å². The third kappa shape index (κ3) is 2.49. The summed E-state index contributed by atoms with van der Waals surface area (Å²) in [5, 5.41) is 7.48. The summed E-state index contributed by atoms with van der Waals surface area (Å²) < 4.78 is 1.95. The number of halogens is 1. The molecule has 1 atom stereocenters. The van der Waals surface area contributed by atoms with E-state index in [2.05, 4.69) is 37.8 Å². The monoisotopic (exact) mass is 312 g/mol. The van der Waals surface area contributed by atoms with Gasteiger partial charge in [-0.2, -0.15) is 5.10 Å². The van der Waals surface area contributed by atoms with Crippen LogP contribution in [0.2, 0.25) is 0 Å². The van der Waals surface area contributed by atoms with Crippen LogP contribution in [0.25, 0.3) is 0 Å². The van der Waals surface area contributed by atoms with Crippen molar-refractivity contribution in [2.75, 3.05) is 25.0 Å². The molecule has 1 aromatic rings. The van der Waals surface area contributed by atoms with E-state index in [1.54, 1.807) is 12.3 Å². The fourth-order valence-electron chi connectivity index (χ4n) is 2.12. The zero-order valence-electron chi connectivity index (χ0n) is 10.4. The van der Waals surface area contributed by atoms with E-state index in [4.69, 9.17) is 0 Å². The van der Waals surface area contributed by atoms with E-state index in [0.29, 0.717) is 17.1 Å². The zero-order valence-corrected chi connectivity index (χ0v) is 12.0. The van der Waals surface area contributed by atoms with Crippen molar-refractivity contribution < 1.29 is 0 Å². The van der Waals surface area contributed by atoms with E-state index < -0.39 is 0 Å². The Morgan fingerprint density at radius 2 is 2.56 bits per heavy atom. The van der Waals surface area contributed by atoms with Crippen LogP contribution in [-0.4, -0.2) is 36.0 Å². The van der Waals surface area contributed by atoms with Crippen molar-refractivity contribution in [2.24, 2.45) is 0 Å². The topological polar surface area (TPSA) is 50.2 Å². The normalized spacial score (nSPS) is 18.9. The van der Waals surface area contributed by atoms with Crippen LogP contribution in [0.15, 0.2) is 28.1 Å². The average Bonchev–Trinajstić information content (AvgIpc) is 2.88. The fraction of sp³-hybridized carbons (Fsp3) is 0.500. The van der Waals surface area contributed by atoms with E-state index in [9.17, 15) is 4.79 Å². The maximum absolute atomic E-state index is 12.1. The number of hydrogen-bond donors (Lipinski definition) is 1. The number of anilines is 1. The number of hydrogen-bond acceptors (Lipinski definition) is 4. The van der Waals surface area contributed by atoms with Gasteiger partial charge >= 0.3 is 0 Å². The largest absolute Gasteiger partial charge is 0.368 e. The van der Waals surface area contributed by atoms with E-state index in [1.165, 1.54) is 4.68 Å². The van der Waals surface area contributed by atoms with Gasteiger partial charge in [0.15, 0.2) is 0 Å². The SMILES string of the molecule is C=CCn1ncc(N(C)C2CCNC2)c(Br)c1=O. The summed E-state index contributed by atoms with van der Waals surface area (Å²) in [7, 11) is 2.00. The molecule has 1 aliphatic rings. The molecule has 2 rings (SSSR count). The lowest BCUT2D eigenvalue weighted by Crippen LogP contribution is -2.35. The maximum Gasteiger partial charge on any atom is 0.283 e. The van der Waals surface area contributed by atoms with Crippen molar-refractivity contribution in [2.45, 2.75) is 19.0 Å². The van der Waals surface area contributed by atoms with Gasteiger partial charge in [0, 0.05) is 19.6 Å². The van der Waals surface area contributed by atoms with E-state index in [0.717, 1.165) is 25.2 Å². The minimum Gasteiger partial charge on any atom is -0.368 e. The fourth-order valence-corrected chi connectivity index (χ4v) is 2.71. The molecule has 2 heterocycles. The molecule has 0 aliphatic carbocycles. The van der Waals surface area contributed by atoms with Gasteiger partial charge in [0.25, 0.3) is 5.56 Å². The number of allylic oxidation sites excluding steroid dienone is 1. The average molecular weight is 313 g/mol. The molecule has 98 valence electrons. The molecule has 0 aromatic carbocycles. The Morgan fingerprint density at radius 3 is 3.17 bits per heavy atom. The summed E-state index contributed by atoms with van der Waals surface area (Å²) in [6.45, 7) is 6.00. The van der Waals surface area contributed by atoms with Gasteiger partial charge in [-0.15, -0.1) is 6.58 Å². The highest BCUT2D eigenvalue weighted by molar-refractivity contribution is 9.10. The summed E-state index contributed by atoms with van der Waals surface area (Å²) in [6, 6.07) is 0.415. The van der Waals surface area contributed by atoms with Gasteiger partial charge in [0.2, 0.25) is 0 Å². The predicted octanol–water partition coefficient (Wildman–Crippen LogP) is 0.990. The van der Waals surface area contributed by atoms with Crippen molar-refractivity contribution in [3.05, 3.63) is 33.7 Å². The van der Waals surface area contributed by atoms with Gasteiger partial charge < -0.3 is 10.2 Å². The molecule has 0 bridgehead atoms. The number of nitrogens with zero attached hydrogens (tertiary/aromatic N) is 3. The molecule has 1 aromatic heterocycles. The second-order valence-electron chi connectivity index (χ2n) is 4.38. The summed E-state index contributed by atoms with van der Waals surface area (Å²) in [4.78, 5) is 14.2. The standard InChI is InChI=1S/C12H17BrN4O/c1-3-6-17-12(18)11(13)10(8-15-17)16(2)9-4-5-14-7-9/h3,8-9,14H,1,4-7H2,2H3. The van der Waals surface area contributed by atoms with Crippen molar-refractivity contribution in [1.82, 2.24) is 15.1 Å². The molecule has 0 saturated carbocycles. The molecule has 5 nitrogen and oxygen atoms in total. The summed E-state index contributed by atoms with van der Waals surface area (Å²) in [6.07, 6.45) is 4.47. The van der Waals surface area contributed by atoms with Gasteiger partial charge in [0.05, 0.1) is 18.4 Å².